The Kier molecular flexibility index (Phi) is 6.16. The molecule has 1 aromatic carbocycles. The summed E-state index contributed by atoms with van der Waals surface area (Å²) in [7, 11) is 1.47. The minimum Gasteiger partial charge on any atom is -0.493 e. The van der Waals surface area contributed by atoms with Crippen LogP contribution in [0.5, 0.6) is 11.5 Å². The van der Waals surface area contributed by atoms with E-state index in [9.17, 15) is 19.5 Å². The highest BCUT2D eigenvalue weighted by Gasteiger charge is 2.35. The van der Waals surface area contributed by atoms with E-state index in [4.69, 9.17) is 9.47 Å². The number of methoxy groups -OCH3 is 1. The summed E-state index contributed by atoms with van der Waals surface area (Å²) in [4.78, 5) is 37.5. The predicted octanol–water partition coefficient (Wildman–Crippen LogP) is 1.91. The van der Waals surface area contributed by atoms with Gasteiger partial charge in [-0.3, -0.25) is 9.59 Å². The standard InChI is InChI=1S/C18H21NO6/c1-3-10-25-15-11-12(7-8-14(15)24-2)16(20)17(21)19-9-5-4-6-13(19)18(22)23/h3,7-8,11,13H,1,4-6,9-10H2,2H3,(H,22,23). The van der Waals surface area contributed by atoms with Gasteiger partial charge in [0.05, 0.1) is 7.11 Å². The molecule has 1 unspecified atom stereocenters. The highest BCUT2D eigenvalue weighted by Crippen LogP contribution is 2.29. The lowest BCUT2D eigenvalue weighted by molar-refractivity contribution is -0.150. The van der Waals surface area contributed by atoms with E-state index < -0.39 is 23.7 Å². The first kappa shape index (κ1) is 18.5. The van der Waals surface area contributed by atoms with E-state index in [-0.39, 0.29) is 18.7 Å². The Morgan fingerprint density at radius 2 is 2.08 bits per heavy atom. The maximum absolute atomic E-state index is 12.5. The summed E-state index contributed by atoms with van der Waals surface area (Å²) in [6.07, 6.45) is 3.30. The smallest absolute Gasteiger partial charge is 0.326 e. The number of piperidine rings is 1. The van der Waals surface area contributed by atoms with Crippen LogP contribution < -0.4 is 9.47 Å². The van der Waals surface area contributed by atoms with Crippen molar-refractivity contribution in [3.63, 3.8) is 0 Å². The molecule has 0 aliphatic carbocycles. The maximum Gasteiger partial charge on any atom is 0.326 e. The van der Waals surface area contributed by atoms with Gasteiger partial charge in [0.2, 0.25) is 0 Å². The third-order valence-corrected chi connectivity index (χ3v) is 4.03. The van der Waals surface area contributed by atoms with Gasteiger partial charge < -0.3 is 19.5 Å². The number of carbonyl (C=O) groups is 3. The minimum atomic E-state index is -1.09. The Labute approximate surface area is 145 Å². The third-order valence-electron chi connectivity index (χ3n) is 4.03. The lowest BCUT2D eigenvalue weighted by atomic mass is 10.0. The van der Waals surface area contributed by atoms with Crippen molar-refractivity contribution in [1.29, 1.82) is 0 Å². The van der Waals surface area contributed by atoms with Crippen LogP contribution in [0.15, 0.2) is 30.9 Å². The largest absolute Gasteiger partial charge is 0.493 e. The van der Waals surface area contributed by atoms with Crippen molar-refractivity contribution in [2.45, 2.75) is 25.3 Å². The SMILES string of the molecule is C=CCOc1cc(C(=O)C(=O)N2CCCCC2C(=O)O)ccc1OC. The molecule has 0 spiro atoms. The molecule has 1 atom stereocenters. The number of carboxylic acid groups (broad SMARTS) is 1. The summed E-state index contributed by atoms with van der Waals surface area (Å²) in [5.74, 6) is -1.93. The molecule has 1 amide bonds. The summed E-state index contributed by atoms with van der Waals surface area (Å²) in [6, 6.07) is 3.45. The number of carboxylic acids is 1. The Hall–Kier alpha value is -2.83. The van der Waals surface area contributed by atoms with Gasteiger partial charge in [-0.05, 0) is 37.5 Å². The minimum absolute atomic E-state index is 0.125. The van der Waals surface area contributed by atoms with E-state index in [1.165, 1.54) is 25.3 Å². The van der Waals surface area contributed by atoms with E-state index >= 15 is 0 Å². The number of ether oxygens (including phenoxy) is 2. The summed E-state index contributed by atoms with van der Waals surface area (Å²) < 4.78 is 10.6. The van der Waals surface area contributed by atoms with Crippen LogP contribution in [0.1, 0.15) is 29.6 Å². The second-order valence-corrected chi connectivity index (χ2v) is 5.64. The van der Waals surface area contributed by atoms with Crippen LogP contribution in [0, 0.1) is 0 Å². The summed E-state index contributed by atoms with van der Waals surface area (Å²) >= 11 is 0. The van der Waals surface area contributed by atoms with Gasteiger partial charge in [-0.25, -0.2) is 4.79 Å². The first-order valence-electron chi connectivity index (χ1n) is 7.99. The molecule has 1 fully saturated rings. The number of rotatable bonds is 7. The number of ketones is 1. The van der Waals surface area contributed by atoms with Crippen molar-refractivity contribution in [3.8, 4) is 11.5 Å². The van der Waals surface area contributed by atoms with Crippen LogP contribution in [0.25, 0.3) is 0 Å². The van der Waals surface area contributed by atoms with Crippen molar-refractivity contribution in [1.82, 2.24) is 4.90 Å². The number of hydrogen-bond acceptors (Lipinski definition) is 5. The molecule has 7 heteroatoms. The molecule has 1 aromatic rings. The van der Waals surface area contributed by atoms with Crippen molar-refractivity contribution in [3.05, 3.63) is 36.4 Å². The molecule has 1 saturated heterocycles. The Bertz CT molecular complexity index is 684. The fourth-order valence-electron chi connectivity index (χ4n) is 2.76. The molecule has 0 bridgehead atoms. The zero-order valence-electron chi connectivity index (χ0n) is 14.1. The Balaban J connectivity index is 2.25. The highest BCUT2D eigenvalue weighted by atomic mass is 16.5. The van der Waals surface area contributed by atoms with Gasteiger partial charge in [0, 0.05) is 12.1 Å². The molecular formula is C18H21NO6. The van der Waals surface area contributed by atoms with Crippen molar-refractivity contribution in [2.75, 3.05) is 20.3 Å². The molecule has 134 valence electrons. The van der Waals surface area contributed by atoms with Gasteiger partial charge in [0.25, 0.3) is 11.7 Å². The molecule has 1 aliphatic rings. The maximum atomic E-state index is 12.5. The monoisotopic (exact) mass is 347 g/mol. The third kappa shape index (κ3) is 4.17. The molecule has 1 aliphatic heterocycles. The van der Waals surface area contributed by atoms with Crippen LogP contribution in [-0.4, -0.2) is 54.0 Å². The molecule has 0 radical (unpaired) electrons. The van der Waals surface area contributed by atoms with Gasteiger partial charge in [-0.2, -0.15) is 0 Å². The molecule has 0 saturated carbocycles. The highest BCUT2D eigenvalue weighted by molar-refractivity contribution is 6.43. The van der Waals surface area contributed by atoms with Gasteiger partial charge in [0.15, 0.2) is 11.5 Å². The van der Waals surface area contributed by atoms with E-state index in [1.807, 2.05) is 0 Å². The zero-order valence-corrected chi connectivity index (χ0v) is 14.1. The lowest BCUT2D eigenvalue weighted by Gasteiger charge is -2.32. The second kappa shape index (κ2) is 8.32. The Morgan fingerprint density at radius 1 is 1.32 bits per heavy atom. The number of amides is 1. The van der Waals surface area contributed by atoms with Crippen LogP contribution in [0.2, 0.25) is 0 Å². The number of nitrogens with zero attached hydrogens (tertiary/aromatic N) is 1. The number of carbonyl (C=O) groups excluding carboxylic acids is 2. The van der Waals surface area contributed by atoms with Crippen LogP contribution in [0.3, 0.4) is 0 Å². The van der Waals surface area contributed by atoms with Gasteiger partial charge in [0.1, 0.15) is 12.6 Å². The fraction of sp³-hybridized carbons (Fsp3) is 0.389. The fourth-order valence-corrected chi connectivity index (χ4v) is 2.76. The van der Waals surface area contributed by atoms with Crippen molar-refractivity contribution >= 4 is 17.7 Å². The first-order valence-corrected chi connectivity index (χ1v) is 7.99. The molecule has 7 nitrogen and oxygen atoms in total. The Morgan fingerprint density at radius 3 is 2.72 bits per heavy atom. The van der Waals surface area contributed by atoms with Crippen molar-refractivity contribution < 1.29 is 29.0 Å². The summed E-state index contributed by atoms with van der Waals surface area (Å²) in [5, 5.41) is 9.27. The van der Waals surface area contributed by atoms with E-state index in [1.54, 1.807) is 6.08 Å². The van der Waals surface area contributed by atoms with Gasteiger partial charge in [-0.15, -0.1) is 0 Å². The zero-order chi connectivity index (χ0) is 18.4. The quantitative estimate of drug-likeness (QED) is 0.460. The number of hydrogen-bond donors (Lipinski definition) is 1. The normalized spacial score (nSPS) is 16.8. The van der Waals surface area contributed by atoms with E-state index in [0.29, 0.717) is 24.3 Å². The molecule has 1 N–H and O–H groups in total. The summed E-state index contributed by atoms with van der Waals surface area (Å²) in [5.41, 5.74) is 0.125. The molecule has 0 aromatic heterocycles. The topological polar surface area (TPSA) is 93.1 Å². The van der Waals surface area contributed by atoms with Crippen LogP contribution in [-0.2, 0) is 9.59 Å². The predicted molar refractivity (Wildman–Crippen MR) is 90.0 cm³/mol. The van der Waals surface area contributed by atoms with Crippen LogP contribution in [0.4, 0.5) is 0 Å². The number of likely N-dealkylation sites (tertiary alicyclic amines) is 1. The molecular weight excluding hydrogens is 326 g/mol. The number of benzene rings is 1. The van der Waals surface area contributed by atoms with Gasteiger partial charge >= 0.3 is 5.97 Å². The second-order valence-electron chi connectivity index (χ2n) is 5.64. The number of aliphatic carboxylic acids is 1. The van der Waals surface area contributed by atoms with Crippen molar-refractivity contribution in [2.24, 2.45) is 0 Å². The summed E-state index contributed by atoms with van der Waals surface area (Å²) in [6.45, 7) is 4.03. The number of Topliss-reactive ketones (excluding diaryl/α,β-unsaturated/α-hetero) is 1. The van der Waals surface area contributed by atoms with E-state index in [2.05, 4.69) is 6.58 Å². The molecule has 2 rings (SSSR count). The molecule has 25 heavy (non-hydrogen) atoms. The first-order chi connectivity index (χ1) is 12.0. The van der Waals surface area contributed by atoms with E-state index in [0.717, 1.165) is 11.3 Å². The average Bonchev–Trinajstić information content (AvgIpc) is 2.64. The van der Waals surface area contributed by atoms with Gasteiger partial charge in [-0.1, -0.05) is 12.7 Å². The molecule has 1 heterocycles. The van der Waals surface area contributed by atoms with Crippen LogP contribution >= 0.6 is 0 Å². The average molecular weight is 347 g/mol. The lowest BCUT2D eigenvalue weighted by Crippen LogP contribution is -2.50.